The maximum Gasteiger partial charge on any atom is 0.123 e. The van der Waals surface area contributed by atoms with Gasteiger partial charge in [0.2, 0.25) is 0 Å². The summed E-state index contributed by atoms with van der Waals surface area (Å²) in [4.78, 5) is 0. The van der Waals surface area contributed by atoms with Gasteiger partial charge in [-0.3, -0.25) is 0 Å². The maximum absolute atomic E-state index is 13.4. The first-order chi connectivity index (χ1) is 9.03. The van der Waals surface area contributed by atoms with E-state index in [0.717, 1.165) is 12.8 Å². The molecule has 2 aliphatic carbocycles. The van der Waals surface area contributed by atoms with E-state index in [2.05, 4.69) is 0 Å². The number of hydrogen-bond acceptors (Lipinski definition) is 1. The Morgan fingerprint density at radius 2 is 1.63 bits per heavy atom. The van der Waals surface area contributed by atoms with Crippen LogP contribution in [-0.4, -0.2) is 5.11 Å². The van der Waals surface area contributed by atoms with Crippen molar-refractivity contribution in [3.05, 3.63) is 34.6 Å². The highest BCUT2D eigenvalue weighted by Gasteiger charge is 2.44. The van der Waals surface area contributed by atoms with Gasteiger partial charge in [0.25, 0.3) is 0 Å². The van der Waals surface area contributed by atoms with Crippen LogP contribution in [0.1, 0.15) is 56.9 Å². The van der Waals surface area contributed by atoms with Gasteiger partial charge >= 0.3 is 0 Å². The predicted molar refractivity (Wildman–Crippen MR) is 74.7 cm³/mol. The van der Waals surface area contributed by atoms with E-state index in [1.165, 1.54) is 37.8 Å². The van der Waals surface area contributed by atoms with Crippen LogP contribution in [0.3, 0.4) is 0 Å². The lowest BCUT2D eigenvalue weighted by atomic mass is 9.66. The van der Waals surface area contributed by atoms with Gasteiger partial charge in [-0.15, -0.1) is 0 Å². The lowest BCUT2D eigenvalue weighted by Gasteiger charge is -2.42. The lowest BCUT2D eigenvalue weighted by molar-refractivity contribution is -0.0377. The van der Waals surface area contributed by atoms with Crippen LogP contribution in [0.15, 0.2) is 18.2 Å². The highest BCUT2D eigenvalue weighted by molar-refractivity contribution is 6.31. The van der Waals surface area contributed by atoms with E-state index in [1.54, 1.807) is 6.07 Å². The van der Waals surface area contributed by atoms with Crippen molar-refractivity contribution in [2.24, 2.45) is 5.41 Å². The van der Waals surface area contributed by atoms with Crippen molar-refractivity contribution in [2.45, 2.75) is 57.0 Å². The predicted octanol–water partition coefficient (Wildman–Crippen LogP) is 4.80. The maximum atomic E-state index is 13.4. The van der Waals surface area contributed by atoms with Gasteiger partial charge in [-0.05, 0) is 62.1 Å². The Morgan fingerprint density at radius 3 is 2.26 bits per heavy atom. The molecule has 1 nitrogen and oxygen atoms in total. The Morgan fingerprint density at radius 1 is 1.00 bits per heavy atom. The molecule has 104 valence electrons. The van der Waals surface area contributed by atoms with E-state index in [1.807, 2.05) is 0 Å². The summed E-state index contributed by atoms with van der Waals surface area (Å²) >= 11 is 6.14. The van der Waals surface area contributed by atoms with E-state index in [0.29, 0.717) is 28.8 Å². The van der Waals surface area contributed by atoms with Crippen LogP contribution in [0.2, 0.25) is 5.02 Å². The molecule has 3 rings (SSSR count). The zero-order valence-electron chi connectivity index (χ0n) is 11.1. The standard InChI is InChI=1S/C16H20ClFO/c17-14-4-3-12(18)11-13(14)16(19)9-7-15(8-10-16)5-1-2-6-15/h3-4,11,19H,1-2,5-10H2. The van der Waals surface area contributed by atoms with Gasteiger partial charge in [0, 0.05) is 10.6 Å². The molecule has 0 saturated heterocycles. The van der Waals surface area contributed by atoms with E-state index < -0.39 is 5.60 Å². The second kappa shape index (κ2) is 4.75. The molecule has 3 heteroatoms. The number of benzene rings is 1. The highest BCUT2D eigenvalue weighted by Crippen LogP contribution is 2.54. The quantitative estimate of drug-likeness (QED) is 0.784. The third-order valence-corrected chi connectivity index (χ3v) is 5.56. The molecule has 1 spiro atoms. The van der Waals surface area contributed by atoms with Crippen molar-refractivity contribution in [3.63, 3.8) is 0 Å². The number of halogens is 2. The van der Waals surface area contributed by atoms with E-state index in [4.69, 9.17) is 11.6 Å². The van der Waals surface area contributed by atoms with Crippen LogP contribution < -0.4 is 0 Å². The van der Waals surface area contributed by atoms with E-state index in [-0.39, 0.29) is 5.82 Å². The van der Waals surface area contributed by atoms with Crippen LogP contribution in [0, 0.1) is 11.2 Å². The summed E-state index contributed by atoms with van der Waals surface area (Å²) in [5.74, 6) is -0.325. The Labute approximate surface area is 118 Å². The molecular formula is C16H20ClFO. The van der Waals surface area contributed by atoms with Gasteiger partial charge < -0.3 is 5.11 Å². The zero-order valence-corrected chi connectivity index (χ0v) is 11.8. The first-order valence-corrected chi connectivity index (χ1v) is 7.59. The van der Waals surface area contributed by atoms with E-state index >= 15 is 0 Å². The van der Waals surface area contributed by atoms with Gasteiger partial charge in [-0.2, -0.15) is 0 Å². The van der Waals surface area contributed by atoms with Gasteiger partial charge in [-0.1, -0.05) is 24.4 Å². The smallest absolute Gasteiger partial charge is 0.123 e. The summed E-state index contributed by atoms with van der Waals surface area (Å²) in [6.07, 6.45) is 8.71. The molecular weight excluding hydrogens is 263 g/mol. The van der Waals surface area contributed by atoms with Crippen molar-refractivity contribution in [1.82, 2.24) is 0 Å². The molecule has 2 aliphatic rings. The monoisotopic (exact) mass is 282 g/mol. The minimum Gasteiger partial charge on any atom is -0.385 e. The van der Waals surface area contributed by atoms with Gasteiger partial charge in [0.05, 0.1) is 5.60 Å². The first kappa shape index (κ1) is 13.4. The summed E-state index contributed by atoms with van der Waals surface area (Å²) in [5, 5.41) is 11.3. The third-order valence-electron chi connectivity index (χ3n) is 5.23. The molecule has 0 radical (unpaired) electrons. The number of aliphatic hydroxyl groups is 1. The van der Waals surface area contributed by atoms with Crippen LogP contribution in [0.5, 0.6) is 0 Å². The SMILES string of the molecule is OC1(c2cc(F)ccc2Cl)CCC2(CCCC2)CC1. The number of rotatable bonds is 1. The van der Waals surface area contributed by atoms with Crippen molar-refractivity contribution in [1.29, 1.82) is 0 Å². The summed E-state index contributed by atoms with van der Waals surface area (Å²) in [7, 11) is 0. The molecule has 0 heterocycles. The summed E-state index contributed by atoms with van der Waals surface area (Å²) < 4.78 is 13.4. The van der Waals surface area contributed by atoms with Crippen molar-refractivity contribution >= 4 is 11.6 Å². The lowest BCUT2D eigenvalue weighted by Crippen LogP contribution is -2.36. The fourth-order valence-electron chi connectivity index (χ4n) is 3.94. The fraction of sp³-hybridized carbons (Fsp3) is 0.625. The molecule has 0 aromatic heterocycles. The Hall–Kier alpha value is -0.600. The molecule has 19 heavy (non-hydrogen) atoms. The van der Waals surface area contributed by atoms with Crippen LogP contribution in [0.25, 0.3) is 0 Å². The topological polar surface area (TPSA) is 20.2 Å². The minimum atomic E-state index is -0.937. The summed E-state index contributed by atoms with van der Waals surface area (Å²) in [5.41, 5.74) is 0.0843. The van der Waals surface area contributed by atoms with Gasteiger partial charge in [0.15, 0.2) is 0 Å². The molecule has 0 aliphatic heterocycles. The molecule has 1 N–H and O–H groups in total. The molecule has 0 unspecified atom stereocenters. The van der Waals surface area contributed by atoms with Crippen LogP contribution >= 0.6 is 11.6 Å². The average molecular weight is 283 g/mol. The zero-order chi connectivity index (χ0) is 13.5. The average Bonchev–Trinajstić information content (AvgIpc) is 2.85. The van der Waals surface area contributed by atoms with Crippen molar-refractivity contribution in [2.75, 3.05) is 0 Å². The van der Waals surface area contributed by atoms with Gasteiger partial charge in [0.1, 0.15) is 5.82 Å². The minimum absolute atomic E-state index is 0.325. The van der Waals surface area contributed by atoms with Crippen molar-refractivity contribution in [3.8, 4) is 0 Å². The fourth-order valence-corrected chi connectivity index (χ4v) is 4.24. The molecule has 2 saturated carbocycles. The third kappa shape index (κ3) is 2.41. The summed E-state index contributed by atoms with van der Waals surface area (Å²) in [6.45, 7) is 0. The van der Waals surface area contributed by atoms with E-state index in [9.17, 15) is 9.50 Å². The Kier molecular flexibility index (Phi) is 3.34. The van der Waals surface area contributed by atoms with Crippen LogP contribution in [-0.2, 0) is 5.60 Å². The first-order valence-electron chi connectivity index (χ1n) is 7.21. The largest absolute Gasteiger partial charge is 0.385 e. The Balaban J connectivity index is 1.83. The molecule has 2 fully saturated rings. The molecule has 0 bridgehead atoms. The molecule has 1 aromatic carbocycles. The normalized spacial score (nSPS) is 24.8. The highest BCUT2D eigenvalue weighted by atomic mass is 35.5. The number of hydrogen-bond donors (Lipinski definition) is 1. The van der Waals surface area contributed by atoms with Crippen molar-refractivity contribution < 1.29 is 9.50 Å². The molecule has 0 amide bonds. The molecule has 0 atom stereocenters. The summed E-state index contributed by atoms with van der Waals surface area (Å²) in [6, 6.07) is 4.29. The van der Waals surface area contributed by atoms with Crippen LogP contribution in [0.4, 0.5) is 4.39 Å². The molecule has 1 aromatic rings. The Bertz CT molecular complexity index is 470. The second-order valence-corrected chi connectivity index (χ2v) is 6.77. The second-order valence-electron chi connectivity index (χ2n) is 6.36. The van der Waals surface area contributed by atoms with Gasteiger partial charge in [-0.25, -0.2) is 4.39 Å².